The van der Waals surface area contributed by atoms with Crippen molar-refractivity contribution in [3.05, 3.63) is 28.9 Å². The zero-order chi connectivity index (χ0) is 9.42. The summed E-state index contributed by atoms with van der Waals surface area (Å²) in [5.74, 6) is 0.210. The number of aromatic hydroxyl groups is 1. The molecule has 0 saturated heterocycles. The number of aryl methyl sites for hydroxylation is 1. The lowest BCUT2D eigenvalue weighted by atomic mass is 10.1. The maximum atomic E-state index is 12.9. The Hall–Kier alpha value is -1.09. The minimum Gasteiger partial charge on any atom is -0.508 e. The molecule has 2 rings (SSSR count). The molecule has 13 heavy (non-hydrogen) atoms. The van der Waals surface area contributed by atoms with Crippen LogP contribution in [0.2, 0.25) is 0 Å². The highest BCUT2D eigenvalue weighted by molar-refractivity contribution is 7.17. The minimum atomic E-state index is -0.199. The highest BCUT2D eigenvalue weighted by Gasteiger charge is 2.06. The Bertz CT molecular complexity index is 447. The van der Waals surface area contributed by atoms with Gasteiger partial charge in [0, 0.05) is 4.70 Å². The van der Waals surface area contributed by atoms with Crippen LogP contribution in [0.25, 0.3) is 10.1 Å². The number of rotatable bonds is 1. The van der Waals surface area contributed by atoms with E-state index in [0.717, 1.165) is 33.4 Å². The molecule has 3 heteroatoms. The van der Waals surface area contributed by atoms with Crippen molar-refractivity contribution in [3.8, 4) is 5.75 Å². The van der Waals surface area contributed by atoms with Gasteiger partial charge < -0.3 is 5.11 Å². The van der Waals surface area contributed by atoms with Gasteiger partial charge in [-0.3, -0.25) is 0 Å². The van der Waals surface area contributed by atoms with E-state index in [4.69, 9.17) is 0 Å². The number of fused-ring (bicyclic) bond motifs is 1. The van der Waals surface area contributed by atoms with Crippen LogP contribution in [0.5, 0.6) is 5.75 Å². The first-order valence-corrected chi connectivity index (χ1v) is 4.93. The average molecular weight is 196 g/mol. The van der Waals surface area contributed by atoms with Crippen LogP contribution < -0.4 is 0 Å². The topological polar surface area (TPSA) is 20.2 Å². The summed E-state index contributed by atoms with van der Waals surface area (Å²) in [5.41, 5.74) is 1.00. The summed E-state index contributed by atoms with van der Waals surface area (Å²) < 4.78 is 13.8. The third-order valence-electron chi connectivity index (χ3n) is 2.03. The summed E-state index contributed by atoms with van der Waals surface area (Å²) in [6.07, 6.45) is 0.810. The predicted molar refractivity (Wildman–Crippen MR) is 52.8 cm³/mol. The van der Waals surface area contributed by atoms with Gasteiger partial charge in [0.1, 0.15) is 5.75 Å². The van der Waals surface area contributed by atoms with E-state index in [1.54, 1.807) is 12.1 Å². The van der Waals surface area contributed by atoms with Gasteiger partial charge in [-0.25, -0.2) is 0 Å². The van der Waals surface area contributed by atoms with E-state index in [2.05, 4.69) is 0 Å². The second-order valence-electron chi connectivity index (χ2n) is 2.93. The van der Waals surface area contributed by atoms with Crippen molar-refractivity contribution >= 4 is 21.4 Å². The number of thiophene rings is 1. The Labute approximate surface area is 79.4 Å². The van der Waals surface area contributed by atoms with Crippen LogP contribution in [0, 0.1) is 5.13 Å². The molecule has 0 aliphatic carbocycles. The Morgan fingerprint density at radius 1 is 1.38 bits per heavy atom. The minimum absolute atomic E-state index is 0.199. The fourth-order valence-corrected chi connectivity index (χ4v) is 2.39. The molecular formula is C10H9FOS. The Kier molecular flexibility index (Phi) is 1.96. The lowest BCUT2D eigenvalue weighted by Gasteiger charge is -1.99. The molecule has 0 unspecified atom stereocenters. The molecule has 1 aromatic heterocycles. The lowest BCUT2D eigenvalue weighted by Crippen LogP contribution is -1.78. The number of phenolic OH excluding ortho intramolecular Hbond substituents is 1. The molecule has 0 fully saturated rings. The molecule has 1 N–H and O–H groups in total. The summed E-state index contributed by atoms with van der Waals surface area (Å²) in [6, 6.07) is 4.74. The first kappa shape index (κ1) is 8.51. The van der Waals surface area contributed by atoms with Crippen molar-refractivity contribution in [2.75, 3.05) is 0 Å². The van der Waals surface area contributed by atoms with Gasteiger partial charge in [0.05, 0.1) is 0 Å². The van der Waals surface area contributed by atoms with Gasteiger partial charge >= 0.3 is 0 Å². The van der Waals surface area contributed by atoms with E-state index < -0.39 is 0 Å². The van der Waals surface area contributed by atoms with Gasteiger partial charge in [-0.15, -0.1) is 11.3 Å². The molecule has 0 bridgehead atoms. The Morgan fingerprint density at radius 3 is 2.85 bits per heavy atom. The van der Waals surface area contributed by atoms with Crippen molar-refractivity contribution in [1.29, 1.82) is 0 Å². The van der Waals surface area contributed by atoms with Crippen LogP contribution in [0.3, 0.4) is 0 Å². The van der Waals surface area contributed by atoms with Gasteiger partial charge in [0.25, 0.3) is 0 Å². The van der Waals surface area contributed by atoms with Gasteiger partial charge in [-0.05, 0) is 35.6 Å². The molecule has 1 aromatic carbocycles. The monoisotopic (exact) mass is 196 g/mol. The second-order valence-corrected chi connectivity index (χ2v) is 3.93. The van der Waals surface area contributed by atoms with Crippen molar-refractivity contribution in [2.24, 2.45) is 0 Å². The van der Waals surface area contributed by atoms with Crippen LogP contribution in [-0.4, -0.2) is 5.11 Å². The third-order valence-corrected chi connectivity index (χ3v) is 3.04. The van der Waals surface area contributed by atoms with Gasteiger partial charge in [-0.1, -0.05) is 6.92 Å². The number of hydrogen-bond acceptors (Lipinski definition) is 2. The van der Waals surface area contributed by atoms with E-state index >= 15 is 0 Å². The Morgan fingerprint density at radius 2 is 2.15 bits per heavy atom. The largest absolute Gasteiger partial charge is 0.508 e. The van der Waals surface area contributed by atoms with Crippen LogP contribution >= 0.6 is 11.3 Å². The fraction of sp³-hybridized carbons (Fsp3) is 0.200. The van der Waals surface area contributed by atoms with Crippen molar-refractivity contribution in [2.45, 2.75) is 13.3 Å². The normalized spacial score (nSPS) is 10.9. The van der Waals surface area contributed by atoms with E-state index in [1.165, 1.54) is 6.07 Å². The lowest BCUT2D eigenvalue weighted by molar-refractivity contribution is 0.475. The quantitative estimate of drug-likeness (QED) is 0.741. The van der Waals surface area contributed by atoms with Crippen molar-refractivity contribution in [1.82, 2.24) is 0 Å². The van der Waals surface area contributed by atoms with E-state index in [1.807, 2.05) is 6.92 Å². The van der Waals surface area contributed by atoms with Crippen LogP contribution in [0.15, 0.2) is 18.2 Å². The van der Waals surface area contributed by atoms with E-state index in [0.29, 0.717) is 0 Å². The van der Waals surface area contributed by atoms with E-state index in [9.17, 15) is 9.50 Å². The smallest absolute Gasteiger partial charge is 0.177 e. The van der Waals surface area contributed by atoms with E-state index in [-0.39, 0.29) is 10.9 Å². The highest BCUT2D eigenvalue weighted by Crippen LogP contribution is 2.31. The fourth-order valence-electron chi connectivity index (χ4n) is 1.44. The first-order chi connectivity index (χ1) is 6.20. The first-order valence-electron chi connectivity index (χ1n) is 4.11. The Balaban J connectivity index is 2.80. The molecule has 0 atom stereocenters. The van der Waals surface area contributed by atoms with Gasteiger partial charge in [-0.2, -0.15) is 4.39 Å². The molecule has 0 spiro atoms. The SMILES string of the molecule is CCc1cc(O)cc2cc(F)sc12. The molecule has 0 saturated carbocycles. The summed E-state index contributed by atoms with van der Waals surface area (Å²) in [4.78, 5) is 0. The average Bonchev–Trinajstić information content (AvgIpc) is 2.43. The number of benzene rings is 1. The van der Waals surface area contributed by atoms with Crippen molar-refractivity contribution < 1.29 is 9.50 Å². The molecule has 0 radical (unpaired) electrons. The molecule has 2 aromatic rings. The summed E-state index contributed by atoms with van der Waals surface area (Å²) in [6.45, 7) is 1.99. The highest BCUT2D eigenvalue weighted by atomic mass is 32.1. The second kappa shape index (κ2) is 3.00. The number of phenols is 1. The number of halogens is 1. The van der Waals surface area contributed by atoms with Gasteiger partial charge in [0.15, 0.2) is 5.13 Å². The van der Waals surface area contributed by atoms with Crippen molar-refractivity contribution in [3.63, 3.8) is 0 Å². The molecular weight excluding hydrogens is 187 g/mol. The molecule has 1 heterocycles. The molecule has 0 aliphatic heterocycles. The predicted octanol–water partition coefficient (Wildman–Crippen LogP) is 3.31. The molecule has 1 nitrogen and oxygen atoms in total. The summed E-state index contributed by atoms with van der Waals surface area (Å²) in [7, 11) is 0. The maximum Gasteiger partial charge on any atom is 0.177 e. The number of hydrogen-bond donors (Lipinski definition) is 1. The standard InChI is InChI=1S/C10H9FOS/c1-2-6-3-8(12)4-7-5-9(11)13-10(6)7/h3-5,12H,2H2,1H3. The molecule has 0 amide bonds. The zero-order valence-electron chi connectivity index (χ0n) is 7.17. The third kappa shape index (κ3) is 1.40. The van der Waals surface area contributed by atoms with Crippen LogP contribution in [0.1, 0.15) is 12.5 Å². The zero-order valence-corrected chi connectivity index (χ0v) is 7.99. The maximum absolute atomic E-state index is 12.9. The van der Waals surface area contributed by atoms with Crippen LogP contribution in [-0.2, 0) is 6.42 Å². The molecule has 0 aliphatic rings. The van der Waals surface area contributed by atoms with Crippen LogP contribution in [0.4, 0.5) is 4.39 Å². The molecule has 68 valence electrons. The summed E-state index contributed by atoms with van der Waals surface area (Å²) >= 11 is 1.13. The summed E-state index contributed by atoms with van der Waals surface area (Å²) in [5, 5.41) is 9.93. The van der Waals surface area contributed by atoms with Gasteiger partial charge in [0.2, 0.25) is 0 Å².